The van der Waals surface area contributed by atoms with Gasteiger partial charge in [-0.1, -0.05) is 0 Å². The minimum atomic E-state index is -0.443. The summed E-state index contributed by atoms with van der Waals surface area (Å²) < 4.78 is 18.9. The number of pyridine rings is 1. The van der Waals surface area contributed by atoms with Gasteiger partial charge in [-0.25, -0.2) is 9.37 Å². The average molecular weight is 353 g/mol. The van der Waals surface area contributed by atoms with Crippen LogP contribution in [0, 0.1) is 5.82 Å². The lowest BCUT2D eigenvalue weighted by atomic mass is 10.2. The lowest BCUT2D eigenvalue weighted by Crippen LogP contribution is -2.13. The van der Waals surface area contributed by atoms with Crippen LogP contribution in [0.1, 0.15) is 13.8 Å². The fraction of sp³-hybridized carbons (Fsp3) is 0.211. The standard InChI is InChI=1S/C19H20FN5O/c1-12(2)22-19-24-16(13-6-8-21-9-7-13)11-18(25-19)23-14-4-5-17(26-3)15(20)10-14/h4-12H,1-3H3,(H2,22,23,24,25). The van der Waals surface area contributed by atoms with Crippen molar-refractivity contribution in [3.05, 3.63) is 54.6 Å². The van der Waals surface area contributed by atoms with Gasteiger partial charge in [-0.15, -0.1) is 0 Å². The molecule has 0 fully saturated rings. The maximum absolute atomic E-state index is 13.9. The highest BCUT2D eigenvalue weighted by atomic mass is 19.1. The first-order chi connectivity index (χ1) is 12.5. The zero-order valence-corrected chi connectivity index (χ0v) is 14.8. The normalized spacial score (nSPS) is 10.7. The summed E-state index contributed by atoms with van der Waals surface area (Å²) in [6.45, 7) is 4.02. The van der Waals surface area contributed by atoms with Gasteiger partial charge < -0.3 is 15.4 Å². The highest BCUT2D eigenvalue weighted by Crippen LogP contribution is 2.26. The molecule has 3 rings (SSSR count). The number of nitrogens with one attached hydrogen (secondary N) is 2. The molecule has 0 unspecified atom stereocenters. The van der Waals surface area contributed by atoms with Crippen LogP contribution in [-0.4, -0.2) is 28.1 Å². The van der Waals surface area contributed by atoms with E-state index in [0.29, 0.717) is 17.5 Å². The molecule has 0 radical (unpaired) electrons. The average Bonchev–Trinajstić information content (AvgIpc) is 2.62. The number of aromatic nitrogens is 3. The Balaban J connectivity index is 1.96. The molecule has 0 bridgehead atoms. The molecular weight excluding hydrogens is 333 g/mol. The topological polar surface area (TPSA) is 72.0 Å². The maximum atomic E-state index is 13.9. The number of benzene rings is 1. The first kappa shape index (κ1) is 17.6. The maximum Gasteiger partial charge on any atom is 0.225 e. The van der Waals surface area contributed by atoms with Crippen molar-refractivity contribution in [2.75, 3.05) is 17.7 Å². The monoisotopic (exact) mass is 353 g/mol. The van der Waals surface area contributed by atoms with Crippen LogP contribution in [-0.2, 0) is 0 Å². The van der Waals surface area contributed by atoms with Gasteiger partial charge >= 0.3 is 0 Å². The second kappa shape index (κ2) is 7.77. The summed E-state index contributed by atoms with van der Waals surface area (Å²) in [7, 11) is 1.43. The van der Waals surface area contributed by atoms with Crippen LogP contribution in [0.15, 0.2) is 48.8 Å². The summed E-state index contributed by atoms with van der Waals surface area (Å²) in [5.41, 5.74) is 2.22. The van der Waals surface area contributed by atoms with E-state index >= 15 is 0 Å². The first-order valence-corrected chi connectivity index (χ1v) is 8.21. The third-order valence-corrected chi connectivity index (χ3v) is 3.54. The molecule has 2 N–H and O–H groups in total. The molecule has 0 aliphatic heterocycles. The van der Waals surface area contributed by atoms with Gasteiger partial charge in [-0.3, -0.25) is 4.98 Å². The largest absolute Gasteiger partial charge is 0.494 e. The minimum absolute atomic E-state index is 0.175. The van der Waals surface area contributed by atoms with E-state index in [0.717, 1.165) is 11.3 Å². The molecule has 1 aromatic carbocycles. The summed E-state index contributed by atoms with van der Waals surface area (Å²) in [6.07, 6.45) is 3.41. The quantitative estimate of drug-likeness (QED) is 0.690. The van der Waals surface area contributed by atoms with Crippen LogP contribution in [0.5, 0.6) is 5.75 Å². The molecule has 0 aliphatic carbocycles. The smallest absolute Gasteiger partial charge is 0.225 e. The van der Waals surface area contributed by atoms with Crippen molar-refractivity contribution in [2.45, 2.75) is 19.9 Å². The first-order valence-electron chi connectivity index (χ1n) is 8.21. The van der Waals surface area contributed by atoms with Crippen molar-refractivity contribution < 1.29 is 9.13 Å². The number of hydrogen-bond donors (Lipinski definition) is 2. The number of anilines is 3. The zero-order valence-electron chi connectivity index (χ0n) is 14.8. The molecule has 0 aliphatic rings. The Bertz CT molecular complexity index is 886. The van der Waals surface area contributed by atoms with Gasteiger partial charge in [0, 0.05) is 41.8 Å². The Morgan fingerprint density at radius 1 is 1.04 bits per heavy atom. The van der Waals surface area contributed by atoms with Crippen molar-refractivity contribution in [1.29, 1.82) is 0 Å². The molecule has 0 amide bonds. The van der Waals surface area contributed by atoms with Crippen LogP contribution >= 0.6 is 0 Å². The van der Waals surface area contributed by atoms with E-state index < -0.39 is 5.82 Å². The third-order valence-electron chi connectivity index (χ3n) is 3.54. The van der Waals surface area contributed by atoms with Crippen molar-refractivity contribution >= 4 is 17.5 Å². The van der Waals surface area contributed by atoms with E-state index in [9.17, 15) is 4.39 Å². The van der Waals surface area contributed by atoms with E-state index in [1.165, 1.54) is 13.2 Å². The summed E-state index contributed by atoms with van der Waals surface area (Å²) in [5, 5.41) is 6.32. The molecule has 7 heteroatoms. The van der Waals surface area contributed by atoms with Gasteiger partial charge in [0.05, 0.1) is 12.8 Å². The minimum Gasteiger partial charge on any atom is -0.494 e. The van der Waals surface area contributed by atoms with Crippen LogP contribution < -0.4 is 15.4 Å². The van der Waals surface area contributed by atoms with E-state index in [-0.39, 0.29) is 11.8 Å². The second-order valence-electron chi connectivity index (χ2n) is 5.97. The van der Waals surface area contributed by atoms with Crippen molar-refractivity contribution in [3.8, 4) is 17.0 Å². The van der Waals surface area contributed by atoms with Gasteiger partial charge in [-0.05, 0) is 38.1 Å². The fourth-order valence-electron chi connectivity index (χ4n) is 2.40. The number of ether oxygens (including phenoxy) is 1. The van der Waals surface area contributed by atoms with E-state index in [1.807, 2.05) is 32.0 Å². The SMILES string of the molecule is COc1ccc(Nc2cc(-c3ccncc3)nc(NC(C)C)n2)cc1F. The van der Waals surface area contributed by atoms with Crippen LogP contribution in [0.4, 0.5) is 21.8 Å². The number of hydrogen-bond acceptors (Lipinski definition) is 6. The molecule has 2 heterocycles. The lowest BCUT2D eigenvalue weighted by Gasteiger charge is -2.13. The Morgan fingerprint density at radius 2 is 1.81 bits per heavy atom. The Hall–Kier alpha value is -3.22. The summed E-state index contributed by atoms with van der Waals surface area (Å²) in [5.74, 6) is 0.796. The van der Waals surface area contributed by atoms with Crippen molar-refractivity contribution in [1.82, 2.24) is 15.0 Å². The van der Waals surface area contributed by atoms with Gasteiger partial charge in [0.25, 0.3) is 0 Å². The molecule has 2 aromatic heterocycles. The Kier molecular flexibility index (Phi) is 5.26. The van der Waals surface area contributed by atoms with Crippen LogP contribution in [0.25, 0.3) is 11.3 Å². The van der Waals surface area contributed by atoms with Gasteiger partial charge in [0.15, 0.2) is 11.6 Å². The van der Waals surface area contributed by atoms with Gasteiger partial charge in [0.2, 0.25) is 5.95 Å². The molecule has 0 spiro atoms. The number of rotatable bonds is 6. The third kappa shape index (κ3) is 4.24. The van der Waals surface area contributed by atoms with Gasteiger partial charge in [0.1, 0.15) is 5.82 Å². The van der Waals surface area contributed by atoms with E-state index in [4.69, 9.17) is 4.74 Å². The Labute approximate surface area is 151 Å². The molecule has 6 nitrogen and oxygen atoms in total. The predicted octanol–water partition coefficient (Wildman–Crippen LogP) is 4.25. The Morgan fingerprint density at radius 3 is 2.46 bits per heavy atom. The lowest BCUT2D eigenvalue weighted by molar-refractivity contribution is 0.386. The number of methoxy groups -OCH3 is 1. The van der Waals surface area contributed by atoms with Gasteiger partial charge in [-0.2, -0.15) is 4.98 Å². The predicted molar refractivity (Wildman–Crippen MR) is 100 cm³/mol. The summed E-state index contributed by atoms with van der Waals surface area (Å²) >= 11 is 0. The number of nitrogens with zero attached hydrogens (tertiary/aromatic N) is 3. The summed E-state index contributed by atoms with van der Waals surface area (Å²) in [4.78, 5) is 13.0. The van der Waals surface area contributed by atoms with E-state index in [1.54, 1.807) is 24.5 Å². The molecule has 134 valence electrons. The molecule has 0 atom stereocenters. The van der Waals surface area contributed by atoms with Crippen molar-refractivity contribution in [3.63, 3.8) is 0 Å². The molecule has 0 saturated carbocycles. The fourth-order valence-corrected chi connectivity index (χ4v) is 2.40. The molecular formula is C19H20FN5O. The molecule has 26 heavy (non-hydrogen) atoms. The van der Waals surface area contributed by atoms with Crippen LogP contribution in [0.3, 0.4) is 0 Å². The highest BCUT2D eigenvalue weighted by molar-refractivity contribution is 5.67. The summed E-state index contributed by atoms with van der Waals surface area (Å²) in [6, 6.07) is 10.4. The second-order valence-corrected chi connectivity index (χ2v) is 5.97. The number of halogens is 1. The highest BCUT2D eigenvalue weighted by Gasteiger charge is 2.09. The van der Waals surface area contributed by atoms with Crippen LogP contribution in [0.2, 0.25) is 0 Å². The molecule has 0 saturated heterocycles. The van der Waals surface area contributed by atoms with Crippen molar-refractivity contribution in [2.24, 2.45) is 0 Å². The van der Waals surface area contributed by atoms with E-state index in [2.05, 4.69) is 25.6 Å². The molecule has 3 aromatic rings. The zero-order chi connectivity index (χ0) is 18.5.